The number of allylic oxidation sites excluding steroid dienone is 4. The first kappa shape index (κ1) is 24.7. The van der Waals surface area contributed by atoms with Crippen molar-refractivity contribution in [3.63, 3.8) is 0 Å². The molecule has 0 N–H and O–H groups in total. The fraction of sp³-hybridized carbons (Fsp3) is 0.263. The average Bonchev–Trinajstić information content (AvgIpc) is 3.15. The van der Waals surface area contributed by atoms with Gasteiger partial charge < -0.3 is 0 Å². The topological polar surface area (TPSA) is 0 Å². The largest absolute Gasteiger partial charge is 0.0757 e. The van der Waals surface area contributed by atoms with E-state index < -0.39 is 0 Å². The lowest BCUT2D eigenvalue weighted by atomic mass is 9.78. The van der Waals surface area contributed by atoms with Crippen LogP contribution in [0.25, 0.3) is 33.4 Å². The van der Waals surface area contributed by atoms with Gasteiger partial charge in [0.25, 0.3) is 0 Å². The van der Waals surface area contributed by atoms with Gasteiger partial charge in [-0.3, -0.25) is 0 Å². The Hall–Kier alpha value is -3.64. The van der Waals surface area contributed by atoms with Crippen LogP contribution in [0.1, 0.15) is 79.8 Å². The van der Waals surface area contributed by atoms with Crippen molar-refractivity contribution in [3.05, 3.63) is 130 Å². The fourth-order valence-corrected chi connectivity index (χ4v) is 6.80. The Morgan fingerprint density at radius 3 is 2.05 bits per heavy atom. The molecule has 0 saturated heterocycles. The van der Waals surface area contributed by atoms with Crippen LogP contribution in [-0.4, -0.2) is 0 Å². The number of rotatable bonds is 5. The van der Waals surface area contributed by atoms with Crippen molar-refractivity contribution in [3.8, 4) is 22.3 Å². The van der Waals surface area contributed by atoms with Crippen LogP contribution in [-0.2, 0) is 5.41 Å². The van der Waals surface area contributed by atoms with Crippen molar-refractivity contribution in [2.75, 3.05) is 0 Å². The van der Waals surface area contributed by atoms with E-state index in [1.807, 2.05) is 0 Å². The van der Waals surface area contributed by atoms with Crippen LogP contribution < -0.4 is 0 Å². The summed E-state index contributed by atoms with van der Waals surface area (Å²) in [5, 5.41) is 0. The summed E-state index contributed by atoms with van der Waals surface area (Å²) < 4.78 is 0. The van der Waals surface area contributed by atoms with Crippen LogP contribution in [0.3, 0.4) is 0 Å². The van der Waals surface area contributed by atoms with Crippen molar-refractivity contribution in [2.45, 2.75) is 65.7 Å². The zero-order chi connectivity index (χ0) is 26.4. The molecule has 190 valence electrons. The minimum absolute atomic E-state index is 0.0288. The minimum Gasteiger partial charge on any atom is -0.0757 e. The van der Waals surface area contributed by atoms with E-state index in [1.54, 1.807) is 5.57 Å². The number of hydrogen-bond acceptors (Lipinski definition) is 0. The van der Waals surface area contributed by atoms with Gasteiger partial charge in [-0.15, -0.1) is 0 Å². The SMILES string of the molecule is CCCC1=C(c2ccccc2C)C(c2ccc3c(c2)C(C)(C)c2ccc(-c4ccccc4C)cc2-3)=CCC1. The maximum absolute atomic E-state index is 2.50. The molecule has 0 spiro atoms. The van der Waals surface area contributed by atoms with Gasteiger partial charge in [-0.1, -0.05) is 112 Å². The second-order valence-electron chi connectivity index (χ2n) is 11.7. The van der Waals surface area contributed by atoms with E-state index in [-0.39, 0.29) is 5.41 Å². The minimum atomic E-state index is -0.0288. The Balaban J connectivity index is 1.48. The van der Waals surface area contributed by atoms with Crippen molar-refractivity contribution < 1.29 is 0 Å². The molecule has 0 atom stereocenters. The zero-order valence-corrected chi connectivity index (χ0v) is 23.5. The highest BCUT2D eigenvalue weighted by atomic mass is 14.4. The van der Waals surface area contributed by atoms with Crippen molar-refractivity contribution in [2.24, 2.45) is 0 Å². The summed E-state index contributed by atoms with van der Waals surface area (Å²) in [5.41, 5.74) is 18.2. The Morgan fingerprint density at radius 2 is 1.34 bits per heavy atom. The van der Waals surface area contributed by atoms with Gasteiger partial charge in [-0.05, 0) is 112 Å². The van der Waals surface area contributed by atoms with Crippen LogP contribution in [0.4, 0.5) is 0 Å². The third-order valence-electron chi connectivity index (χ3n) is 8.83. The van der Waals surface area contributed by atoms with Crippen molar-refractivity contribution in [1.82, 2.24) is 0 Å². The van der Waals surface area contributed by atoms with Gasteiger partial charge in [0.1, 0.15) is 0 Å². The molecule has 0 aromatic heterocycles. The summed E-state index contributed by atoms with van der Waals surface area (Å²) in [6.07, 6.45) is 7.15. The number of aryl methyl sites for hydroxylation is 2. The Labute approximate surface area is 228 Å². The quantitative estimate of drug-likeness (QED) is 0.259. The predicted molar refractivity (Wildman–Crippen MR) is 164 cm³/mol. The Bertz CT molecular complexity index is 1610. The smallest absolute Gasteiger partial charge is 0.0159 e. The van der Waals surface area contributed by atoms with Crippen molar-refractivity contribution in [1.29, 1.82) is 0 Å². The molecule has 0 bridgehead atoms. The van der Waals surface area contributed by atoms with Crippen molar-refractivity contribution >= 4 is 11.1 Å². The molecule has 0 heterocycles. The standard InChI is InChI=1S/C38H38/c1-6-12-27-15-11-18-32(37(27)31-17-10-8-14-26(31)3)29-19-21-33-34-23-28(30-16-9-7-13-25(30)2)20-22-35(34)38(4,5)36(33)24-29/h7-10,13-14,16-24H,6,11-12,15H2,1-5H3. The third-order valence-corrected chi connectivity index (χ3v) is 8.83. The van der Waals surface area contributed by atoms with E-state index in [2.05, 4.69) is 126 Å². The van der Waals surface area contributed by atoms with E-state index >= 15 is 0 Å². The summed E-state index contributed by atoms with van der Waals surface area (Å²) in [7, 11) is 0. The lowest BCUT2D eigenvalue weighted by Crippen LogP contribution is -2.15. The monoisotopic (exact) mass is 494 g/mol. The maximum atomic E-state index is 2.50. The van der Waals surface area contributed by atoms with E-state index in [1.165, 1.54) is 86.0 Å². The first-order chi connectivity index (χ1) is 18.4. The molecule has 0 fully saturated rings. The molecule has 4 aromatic carbocycles. The second-order valence-corrected chi connectivity index (χ2v) is 11.7. The van der Waals surface area contributed by atoms with Crippen LogP contribution in [0.2, 0.25) is 0 Å². The molecule has 0 amide bonds. The zero-order valence-electron chi connectivity index (χ0n) is 23.5. The summed E-state index contributed by atoms with van der Waals surface area (Å²) >= 11 is 0. The van der Waals surface area contributed by atoms with Gasteiger partial charge in [-0.2, -0.15) is 0 Å². The third kappa shape index (κ3) is 3.99. The number of fused-ring (bicyclic) bond motifs is 3. The number of benzene rings is 4. The van der Waals surface area contributed by atoms with Crippen LogP contribution in [0.5, 0.6) is 0 Å². The molecule has 38 heavy (non-hydrogen) atoms. The summed E-state index contributed by atoms with van der Waals surface area (Å²) in [6.45, 7) is 11.6. The van der Waals surface area contributed by atoms with Gasteiger partial charge in [0.05, 0.1) is 0 Å². The molecule has 2 aliphatic rings. The molecule has 0 radical (unpaired) electrons. The van der Waals surface area contributed by atoms with Gasteiger partial charge in [-0.25, -0.2) is 0 Å². The van der Waals surface area contributed by atoms with Gasteiger partial charge in [0, 0.05) is 5.41 Å². The molecule has 0 nitrogen and oxygen atoms in total. The molecule has 2 aliphatic carbocycles. The lowest BCUT2D eigenvalue weighted by Gasteiger charge is -2.26. The molecule has 4 aromatic rings. The molecule has 0 aliphatic heterocycles. The van der Waals surface area contributed by atoms with Gasteiger partial charge in [0.2, 0.25) is 0 Å². The van der Waals surface area contributed by atoms with E-state index in [9.17, 15) is 0 Å². The summed E-state index contributed by atoms with van der Waals surface area (Å²) in [6, 6.07) is 32.0. The molecular weight excluding hydrogens is 456 g/mol. The highest BCUT2D eigenvalue weighted by Crippen LogP contribution is 2.51. The first-order valence-corrected chi connectivity index (χ1v) is 14.2. The first-order valence-electron chi connectivity index (χ1n) is 14.2. The van der Waals surface area contributed by atoms with Crippen LogP contribution >= 0.6 is 0 Å². The fourth-order valence-electron chi connectivity index (χ4n) is 6.80. The second kappa shape index (κ2) is 9.59. The molecule has 6 rings (SSSR count). The van der Waals surface area contributed by atoms with E-state index in [0.717, 1.165) is 6.42 Å². The molecule has 0 heteroatoms. The maximum Gasteiger partial charge on any atom is 0.0159 e. The van der Waals surface area contributed by atoms with Crippen LogP contribution in [0.15, 0.2) is 96.6 Å². The van der Waals surface area contributed by atoms with Gasteiger partial charge >= 0.3 is 0 Å². The number of hydrogen-bond donors (Lipinski definition) is 0. The Kier molecular flexibility index (Phi) is 6.23. The van der Waals surface area contributed by atoms with E-state index in [4.69, 9.17) is 0 Å². The molecular formula is C38H38. The normalized spacial score (nSPS) is 15.8. The van der Waals surface area contributed by atoms with Gasteiger partial charge in [0.15, 0.2) is 0 Å². The summed E-state index contributed by atoms with van der Waals surface area (Å²) in [5.74, 6) is 0. The molecule has 0 saturated carbocycles. The Morgan fingerprint density at radius 1 is 0.658 bits per heavy atom. The predicted octanol–water partition coefficient (Wildman–Crippen LogP) is 10.7. The summed E-state index contributed by atoms with van der Waals surface area (Å²) in [4.78, 5) is 0. The highest BCUT2D eigenvalue weighted by Gasteiger charge is 2.36. The average molecular weight is 495 g/mol. The lowest BCUT2D eigenvalue weighted by molar-refractivity contribution is 0.660. The highest BCUT2D eigenvalue weighted by molar-refractivity contribution is 6.08. The van der Waals surface area contributed by atoms with E-state index in [0.29, 0.717) is 0 Å². The van der Waals surface area contributed by atoms with Crippen LogP contribution in [0, 0.1) is 13.8 Å². The molecule has 0 unspecified atom stereocenters.